The van der Waals surface area contributed by atoms with E-state index in [0.717, 1.165) is 11.2 Å². The standard InChI is InChI=1S/C14H12N4O/c15-14-17-11-8-4-7-10(12(11)18-14)13(19)16-9-5-2-1-3-6-9/h1-8H,(H,16,19)(H3,15,17,18). The summed E-state index contributed by atoms with van der Waals surface area (Å²) in [5, 5.41) is 2.83. The molecule has 0 spiro atoms. The summed E-state index contributed by atoms with van der Waals surface area (Å²) in [6.45, 7) is 0. The lowest BCUT2D eigenvalue weighted by molar-refractivity contribution is 0.102. The van der Waals surface area contributed by atoms with Crippen LogP contribution < -0.4 is 11.1 Å². The SMILES string of the molecule is Nc1nc2c(C(=O)Nc3ccccc3)cccc2[nH]1. The number of carbonyl (C=O) groups excluding carboxylic acids is 1. The summed E-state index contributed by atoms with van der Waals surface area (Å²) in [6, 6.07) is 14.6. The molecule has 4 N–H and O–H groups in total. The molecule has 0 aliphatic rings. The van der Waals surface area contributed by atoms with E-state index in [0.29, 0.717) is 17.0 Å². The molecule has 5 heteroatoms. The number of nitrogens with two attached hydrogens (primary N) is 1. The molecule has 0 aliphatic carbocycles. The first-order valence-electron chi connectivity index (χ1n) is 5.84. The number of H-pyrrole nitrogens is 1. The number of carbonyl (C=O) groups is 1. The molecule has 94 valence electrons. The number of nitrogen functional groups attached to an aromatic ring is 1. The maximum atomic E-state index is 12.2. The molecule has 0 fully saturated rings. The molecule has 5 nitrogen and oxygen atoms in total. The average Bonchev–Trinajstić information content (AvgIpc) is 2.79. The van der Waals surface area contributed by atoms with Crippen molar-refractivity contribution >= 4 is 28.6 Å². The zero-order chi connectivity index (χ0) is 13.2. The fourth-order valence-electron chi connectivity index (χ4n) is 1.95. The largest absolute Gasteiger partial charge is 0.369 e. The highest BCUT2D eigenvalue weighted by atomic mass is 16.1. The number of hydrogen-bond acceptors (Lipinski definition) is 3. The maximum Gasteiger partial charge on any atom is 0.257 e. The second-order valence-corrected chi connectivity index (χ2v) is 4.14. The molecule has 0 unspecified atom stereocenters. The van der Waals surface area contributed by atoms with Gasteiger partial charge in [-0.05, 0) is 24.3 Å². The predicted octanol–water partition coefficient (Wildman–Crippen LogP) is 2.40. The molecule has 0 saturated carbocycles. The molecule has 0 saturated heterocycles. The first-order chi connectivity index (χ1) is 9.24. The third-order valence-electron chi connectivity index (χ3n) is 2.81. The number of imidazole rings is 1. The number of hydrogen-bond donors (Lipinski definition) is 3. The van der Waals surface area contributed by atoms with Crippen molar-refractivity contribution in [2.45, 2.75) is 0 Å². The number of anilines is 2. The first-order valence-corrected chi connectivity index (χ1v) is 5.84. The van der Waals surface area contributed by atoms with Crippen molar-refractivity contribution < 1.29 is 4.79 Å². The summed E-state index contributed by atoms with van der Waals surface area (Å²) in [5.74, 6) is 0.0956. The minimum atomic E-state index is -0.205. The van der Waals surface area contributed by atoms with Crippen LogP contribution in [0.1, 0.15) is 10.4 Å². The van der Waals surface area contributed by atoms with E-state index in [1.165, 1.54) is 0 Å². The van der Waals surface area contributed by atoms with Crippen molar-refractivity contribution in [2.24, 2.45) is 0 Å². The zero-order valence-electron chi connectivity index (χ0n) is 10.1. The maximum absolute atomic E-state index is 12.2. The lowest BCUT2D eigenvalue weighted by Gasteiger charge is -2.05. The van der Waals surface area contributed by atoms with E-state index in [4.69, 9.17) is 5.73 Å². The van der Waals surface area contributed by atoms with Gasteiger partial charge in [-0.15, -0.1) is 0 Å². The fourth-order valence-corrected chi connectivity index (χ4v) is 1.95. The highest BCUT2D eigenvalue weighted by Crippen LogP contribution is 2.18. The van der Waals surface area contributed by atoms with Gasteiger partial charge in [0.05, 0.1) is 11.1 Å². The van der Waals surface area contributed by atoms with Gasteiger partial charge in [-0.25, -0.2) is 4.98 Å². The normalized spacial score (nSPS) is 10.5. The number of aromatic amines is 1. The fraction of sp³-hybridized carbons (Fsp3) is 0. The van der Waals surface area contributed by atoms with Crippen LogP contribution in [0, 0.1) is 0 Å². The van der Waals surface area contributed by atoms with E-state index < -0.39 is 0 Å². The smallest absolute Gasteiger partial charge is 0.257 e. The van der Waals surface area contributed by atoms with Crippen molar-refractivity contribution in [1.82, 2.24) is 9.97 Å². The number of benzene rings is 2. The van der Waals surface area contributed by atoms with Crippen LogP contribution in [0.5, 0.6) is 0 Å². The molecule has 1 amide bonds. The number of amides is 1. The van der Waals surface area contributed by atoms with E-state index in [1.807, 2.05) is 36.4 Å². The van der Waals surface area contributed by atoms with Gasteiger partial charge in [0.25, 0.3) is 5.91 Å². The quantitative estimate of drug-likeness (QED) is 0.654. The molecule has 0 radical (unpaired) electrons. The molecule has 2 aromatic carbocycles. The molecule has 1 heterocycles. The molecule has 3 aromatic rings. The molecule has 19 heavy (non-hydrogen) atoms. The van der Waals surface area contributed by atoms with E-state index in [1.54, 1.807) is 12.1 Å². The van der Waals surface area contributed by atoms with Crippen LogP contribution in [0.25, 0.3) is 11.0 Å². The van der Waals surface area contributed by atoms with Crippen molar-refractivity contribution in [3.63, 3.8) is 0 Å². The molecule has 0 aliphatic heterocycles. The summed E-state index contributed by atoms with van der Waals surface area (Å²) in [6.07, 6.45) is 0. The van der Waals surface area contributed by atoms with Crippen LogP contribution in [-0.2, 0) is 0 Å². The molecular formula is C14H12N4O. The topological polar surface area (TPSA) is 83.8 Å². The number of nitrogens with one attached hydrogen (secondary N) is 2. The van der Waals surface area contributed by atoms with Gasteiger partial charge < -0.3 is 16.0 Å². The van der Waals surface area contributed by atoms with Crippen LogP contribution in [0.2, 0.25) is 0 Å². The third-order valence-corrected chi connectivity index (χ3v) is 2.81. The second kappa shape index (κ2) is 4.45. The van der Waals surface area contributed by atoms with Gasteiger partial charge >= 0.3 is 0 Å². The second-order valence-electron chi connectivity index (χ2n) is 4.14. The summed E-state index contributed by atoms with van der Waals surface area (Å²) < 4.78 is 0. The Bertz CT molecular complexity index is 734. The number of para-hydroxylation sites is 2. The summed E-state index contributed by atoms with van der Waals surface area (Å²) in [4.78, 5) is 19.3. The minimum Gasteiger partial charge on any atom is -0.369 e. The van der Waals surface area contributed by atoms with E-state index >= 15 is 0 Å². The number of nitrogens with zero attached hydrogens (tertiary/aromatic N) is 1. The Balaban J connectivity index is 1.98. The Labute approximate surface area is 109 Å². The molecule has 1 aromatic heterocycles. The lowest BCUT2D eigenvalue weighted by atomic mass is 10.1. The van der Waals surface area contributed by atoms with E-state index in [9.17, 15) is 4.79 Å². The average molecular weight is 252 g/mol. The van der Waals surface area contributed by atoms with Gasteiger partial charge in [-0.1, -0.05) is 24.3 Å². The van der Waals surface area contributed by atoms with Crippen molar-refractivity contribution in [3.8, 4) is 0 Å². The van der Waals surface area contributed by atoms with Crippen molar-refractivity contribution in [2.75, 3.05) is 11.1 Å². The van der Waals surface area contributed by atoms with E-state index in [2.05, 4.69) is 15.3 Å². The Morgan fingerprint density at radius 1 is 1.11 bits per heavy atom. The third kappa shape index (κ3) is 2.13. The summed E-state index contributed by atoms with van der Waals surface area (Å²) in [5.41, 5.74) is 8.18. The van der Waals surface area contributed by atoms with Crippen molar-refractivity contribution in [3.05, 3.63) is 54.1 Å². The minimum absolute atomic E-state index is 0.205. The molecule has 0 bridgehead atoms. The van der Waals surface area contributed by atoms with Gasteiger partial charge in [-0.2, -0.15) is 0 Å². The van der Waals surface area contributed by atoms with Crippen LogP contribution >= 0.6 is 0 Å². The monoisotopic (exact) mass is 252 g/mol. The Kier molecular flexibility index (Phi) is 2.64. The highest BCUT2D eigenvalue weighted by molar-refractivity contribution is 6.11. The van der Waals surface area contributed by atoms with Crippen molar-refractivity contribution in [1.29, 1.82) is 0 Å². The Hall–Kier alpha value is -2.82. The first kappa shape index (κ1) is 11.3. The molecule has 0 atom stereocenters. The van der Waals surface area contributed by atoms with Crippen LogP contribution in [0.3, 0.4) is 0 Å². The number of aromatic nitrogens is 2. The van der Waals surface area contributed by atoms with Crippen LogP contribution in [0.4, 0.5) is 11.6 Å². The van der Waals surface area contributed by atoms with Crippen LogP contribution in [-0.4, -0.2) is 15.9 Å². The molecular weight excluding hydrogens is 240 g/mol. The van der Waals surface area contributed by atoms with Gasteiger partial charge in [-0.3, -0.25) is 4.79 Å². The Morgan fingerprint density at radius 3 is 2.68 bits per heavy atom. The summed E-state index contributed by atoms with van der Waals surface area (Å²) >= 11 is 0. The van der Waals surface area contributed by atoms with Crippen LogP contribution in [0.15, 0.2) is 48.5 Å². The Morgan fingerprint density at radius 2 is 1.89 bits per heavy atom. The lowest BCUT2D eigenvalue weighted by Crippen LogP contribution is -2.12. The highest BCUT2D eigenvalue weighted by Gasteiger charge is 2.12. The van der Waals surface area contributed by atoms with E-state index in [-0.39, 0.29) is 5.91 Å². The number of rotatable bonds is 2. The molecule has 3 rings (SSSR count). The van der Waals surface area contributed by atoms with Gasteiger partial charge in [0, 0.05) is 5.69 Å². The predicted molar refractivity (Wildman–Crippen MR) is 74.9 cm³/mol. The van der Waals surface area contributed by atoms with Gasteiger partial charge in [0.15, 0.2) is 5.95 Å². The zero-order valence-corrected chi connectivity index (χ0v) is 10.1. The van der Waals surface area contributed by atoms with Gasteiger partial charge in [0.1, 0.15) is 5.52 Å². The summed E-state index contributed by atoms with van der Waals surface area (Å²) in [7, 11) is 0. The number of fused-ring (bicyclic) bond motifs is 1. The van der Waals surface area contributed by atoms with Gasteiger partial charge in [0.2, 0.25) is 0 Å².